The molecule has 1 N–H and O–H groups in total. The summed E-state index contributed by atoms with van der Waals surface area (Å²) < 4.78 is 5.24. The summed E-state index contributed by atoms with van der Waals surface area (Å²) >= 11 is 0. The van der Waals surface area contributed by atoms with E-state index in [1.807, 2.05) is 6.26 Å². The average Bonchev–Trinajstić information content (AvgIpc) is 2.80. The van der Waals surface area contributed by atoms with Crippen LogP contribution in [0.2, 0.25) is 0 Å². The predicted octanol–water partition coefficient (Wildman–Crippen LogP) is 3.90. The molecule has 16 heavy (non-hydrogen) atoms. The maximum atomic E-state index is 5.24. The number of furan rings is 1. The van der Waals surface area contributed by atoms with Crippen molar-refractivity contribution in [3.63, 3.8) is 0 Å². The van der Waals surface area contributed by atoms with Crippen LogP contribution in [-0.2, 0) is 0 Å². The highest BCUT2D eigenvalue weighted by molar-refractivity contribution is 5.15. The van der Waals surface area contributed by atoms with Crippen molar-refractivity contribution in [3.8, 4) is 0 Å². The molecule has 1 aliphatic rings. The molecule has 1 atom stereocenters. The van der Waals surface area contributed by atoms with Crippen molar-refractivity contribution in [3.05, 3.63) is 24.2 Å². The van der Waals surface area contributed by atoms with Gasteiger partial charge in [0, 0.05) is 11.6 Å². The standard InChI is InChI=1S/C14H23NO/c1-3-15-13(12-7-10-16-11-12)14(2)8-5-4-6-9-14/h7,10-11,13,15H,3-6,8-9H2,1-2H3. The fraction of sp³-hybridized carbons (Fsp3) is 0.714. The molecule has 0 saturated heterocycles. The first-order chi connectivity index (χ1) is 7.76. The average molecular weight is 221 g/mol. The van der Waals surface area contributed by atoms with Crippen molar-refractivity contribution in [1.29, 1.82) is 0 Å². The second kappa shape index (κ2) is 5.05. The monoisotopic (exact) mass is 221 g/mol. The highest BCUT2D eigenvalue weighted by atomic mass is 16.3. The van der Waals surface area contributed by atoms with Gasteiger partial charge >= 0.3 is 0 Å². The molecule has 1 saturated carbocycles. The van der Waals surface area contributed by atoms with Crippen molar-refractivity contribution >= 4 is 0 Å². The lowest BCUT2D eigenvalue weighted by Crippen LogP contribution is -2.37. The molecule has 1 fully saturated rings. The third-order valence-corrected chi connectivity index (χ3v) is 3.98. The van der Waals surface area contributed by atoms with Crippen LogP contribution >= 0.6 is 0 Å². The minimum atomic E-state index is 0.401. The van der Waals surface area contributed by atoms with Crippen LogP contribution in [0.1, 0.15) is 57.6 Å². The minimum Gasteiger partial charge on any atom is -0.472 e. The molecule has 2 heteroatoms. The SMILES string of the molecule is CCNC(c1ccoc1)C1(C)CCCCC1. The Kier molecular flexibility index (Phi) is 3.70. The largest absolute Gasteiger partial charge is 0.472 e. The Morgan fingerprint density at radius 3 is 2.69 bits per heavy atom. The number of nitrogens with one attached hydrogen (secondary N) is 1. The first-order valence-corrected chi connectivity index (χ1v) is 6.52. The number of hydrogen-bond donors (Lipinski definition) is 1. The third kappa shape index (κ3) is 2.32. The van der Waals surface area contributed by atoms with Crippen molar-refractivity contribution in [1.82, 2.24) is 5.32 Å². The van der Waals surface area contributed by atoms with Crippen LogP contribution in [0.25, 0.3) is 0 Å². The Hall–Kier alpha value is -0.760. The summed E-state index contributed by atoms with van der Waals surface area (Å²) in [5.41, 5.74) is 1.71. The van der Waals surface area contributed by atoms with Gasteiger partial charge in [-0.05, 0) is 30.9 Å². The quantitative estimate of drug-likeness (QED) is 0.834. The summed E-state index contributed by atoms with van der Waals surface area (Å²) in [6.07, 6.45) is 10.5. The molecule has 0 radical (unpaired) electrons. The van der Waals surface area contributed by atoms with Gasteiger partial charge in [0.2, 0.25) is 0 Å². The zero-order chi connectivity index (χ0) is 11.4. The van der Waals surface area contributed by atoms with Gasteiger partial charge in [0.15, 0.2) is 0 Å². The second-order valence-corrected chi connectivity index (χ2v) is 5.26. The zero-order valence-corrected chi connectivity index (χ0v) is 10.5. The van der Waals surface area contributed by atoms with Crippen molar-refractivity contribution in [2.24, 2.45) is 5.41 Å². The Balaban J connectivity index is 2.17. The van der Waals surface area contributed by atoms with Gasteiger partial charge in [0.25, 0.3) is 0 Å². The first-order valence-electron chi connectivity index (χ1n) is 6.52. The highest BCUT2D eigenvalue weighted by Gasteiger charge is 2.36. The van der Waals surface area contributed by atoms with E-state index < -0.39 is 0 Å². The highest BCUT2D eigenvalue weighted by Crippen LogP contribution is 2.45. The molecule has 0 spiro atoms. The van der Waals surface area contributed by atoms with Gasteiger partial charge < -0.3 is 9.73 Å². The number of hydrogen-bond acceptors (Lipinski definition) is 2. The van der Waals surface area contributed by atoms with Gasteiger partial charge in [0.1, 0.15) is 0 Å². The second-order valence-electron chi connectivity index (χ2n) is 5.26. The summed E-state index contributed by atoms with van der Waals surface area (Å²) in [6, 6.07) is 2.56. The maximum Gasteiger partial charge on any atom is 0.0950 e. The molecule has 0 amide bonds. The van der Waals surface area contributed by atoms with Gasteiger partial charge in [-0.25, -0.2) is 0 Å². The van der Waals surface area contributed by atoms with Crippen LogP contribution in [0.5, 0.6) is 0 Å². The topological polar surface area (TPSA) is 25.2 Å². The lowest BCUT2D eigenvalue weighted by atomic mass is 9.69. The summed E-state index contributed by atoms with van der Waals surface area (Å²) in [7, 11) is 0. The molecule has 1 heterocycles. The van der Waals surface area contributed by atoms with E-state index in [1.165, 1.54) is 37.7 Å². The van der Waals surface area contributed by atoms with Crippen LogP contribution in [0.3, 0.4) is 0 Å². The molecule has 2 nitrogen and oxygen atoms in total. The molecule has 90 valence electrons. The van der Waals surface area contributed by atoms with Crippen molar-refractivity contribution < 1.29 is 4.42 Å². The summed E-state index contributed by atoms with van der Waals surface area (Å²) in [6.45, 7) is 5.62. The van der Waals surface area contributed by atoms with E-state index in [9.17, 15) is 0 Å². The Morgan fingerprint density at radius 1 is 1.38 bits per heavy atom. The Bertz CT molecular complexity index is 299. The molecule has 0 aliphatic heterocycles. The lowest BCUT2D eigenvalue weighted by molar-refractivity contribution is 0.145. The fourth-order valence-corrected chi connectivity index (χ4v) is 3.06. The molecule has 0 bridgehead atoms. The van der Waals surface area contributed by atoms with Crippen molar-refractivity contribution in [2.45, 2.75) is 52.0 Å². The lowest BCUT2D eigenvalue weighted by Gasteiger charge is -2.41. The van der Waals surface area contributed by atoms with E-state index in [1.54, 1.807) is 6.26 Å². The van der Waals surface area contributed by atoms with Gasteiger partial charge in [-0.2, -0.15) is 0 Å². The number of rotatable bonds is 4. The molecule has 0 aromatic carbocycles. The summed E-state index contributed by atoms with van der Waals surface area (Å²) in [5, 5.41) is 3.64. The Morgan fingerprint density at radius 2 is 2.12 bits per heavy atom. The van der Waals surface area contributed by atoms with Gasteiger partial charge in [-0.3, -0.25) is 0 Å². The van der Waals surface area contributed by atoms with Gasteiger partial charge in [0.05, 0.1) is 12.5 Å². The smallest absolute Gasteiger partial charge is 0.0950 e. The van der Waals surface area contributed by atoms with Crippen LogP contribution < -0.4 is 5.32 Å². The van der Waals surface area contributed by atoms with Crippen LogP contribution in [0.15, 0.2) is 23.0 Å². The van der Waals surface area contributed by atoms with Crippen molar-refractivity contribution in [2.75, 3.05) is 6.54 Å². The third-order valence-electron chi connectivity index (χ3n) is 3.98. The van der Waals surface area contributed by atoms with E-state index in [0.29, 0.717) is 11.5 Å². The van der Waals surface area contributed by atoms with Crippen LogP contribution in [0.4, 0.5) is 0 Å². The molecule has 1 aromatic rings. The summed E-state index contributed by atoms with van der Waals surface area (Å²) in [4.78, 5) is 0. The van der Waals surface area contributed by atoms with Gasteiger partial charge in [-0.15, -0.1) is 0 Å². The molecule has 1 aliphatic carbocycles. The predicted molar refractivity (Wildman–Crippen MR) is 66.3 cm³/mol. The minimum absolute atomic E-state index is 0.401. The summed E-state index contributed by atoms with van der Waals surface area (Å²) in [5.74, 6) is 0. The van der Waals surface area contributed by atoms with E-state index in [-0.39, 0.29) is 0 Å². The normalized spacial score (nSPS) is 21.9. The molecular weight excluding hydrogens is 198 g/mol. The van der Waals surface area contributed by atoms with E-state index in [2.05, 4.69) is 25.2 Å². The van der Waals surface area contributed by atoms with Crippen LogP contribution in [-0.4, -0.2) is 6.54 Å². The van der Waals surface area contributed by atoms with E-state index >= 15 is 0 Å². The molecular formula is C14H23NO. The molecule has 2 rings (SSSR count). The van der Waals surface area contributed by atoms with Gasteiger partial charge in [-0.1, -0.05) is 33.1 Å². The van der Waals surface area contributed by atoms with E-state index in [0.717, 1.165) is 6.54 Å². The zero-order valence-electron chi connectivity index (χ0n) is 10.5. The molecule has 1 aromatic heterocycles. The molecule has 1 unspecified atom stereocenters. The van der Waals surface area contributed by atoms with Crippen LogP contribution in [0, 0.1) is 5.41 Å². The Labute approximate surface area is 98.4 Å². The fourth-order valence-electron chi connectivity index (χ4n) is 3.06. The van der Waals surface area contributed by atoms with E-state index in [4.69, 9.17) is 4.42 Å². The first kappa shape index (κ1) is 11.7. The maximum absolute atomic E-state index is 5.24.